The number of para-hydroxylation sites is 2. The number of anilines is 1. The predicted octanol–water partition coefficient (Wildman–Crippen LogP) is 2.02. The lowest BCUT2D eigenvalue weighted by Gasteiger charge is -2.02. The van der Waals surface area contributed by atoms with Crippen LogP contribution >= 0.6 is 0 Å². The van der Waals surface area contributed by atoms with Gasteiger partial charge in [-0.25, -0.2) is 4.98 Å². The number of hydrogen-bond acceptors (Lipinski definition) is 5. The highest BCUT2D eigenvalue weighted by Gasteiger charge is 2.35. The summed E-state index contributed by atoms with van der Waals surface area (Å²) in [6.45, 7) is 0. The quantitative estimate of drug-likeness (QED) is 0.755. The van der Waals surface area contributed by atoms with Gasteiger partial charge < -0.3 is 0 Å². The van der Waals surface area contributed by atoms with Crippen molar-refractivity contribution in [1.29, 1.82) is 0 Å². The molecule has 2 aromatic heterocycles. The number of fused-ring (bicyclic) bond motifs is 1. The number of amides is 1. The van der Waals surface area contributed by atoms with Crippen molar-refractivity contribution < 1.29 is 18.0 Å². The molecule has 0 aliphatic carbocycles. The van der Waals surface area contributed by atoms with Gasteiger partial charge in [0.25, 0.3) is 5.91 Å². The number of H-pyrrole nitrogens is 1. The summed E-state index contributed by atoms with van der Waals surface area (Å²) in [7, 11) is 0. The van der Waals surface area contributed by atoms with Crippen LogP contribution in [0.2, 0.25) is 0 Å². The van der Waals surface area contributed by atoms with Gasteiger partial charge in [0.1, 0.15) is 5.69 Å². The van der Waals surface area contributed by atoms with Crippen LogP contribution in [0.3, 0.4) is 0 Å². The second-order valence-electron chi connectivity index (χ2n) is 4.20. The highest BCUT2D eigenvalue weighted by Crippen LogP contribution is 2.26. The summed E-state index contributed by atoms with van der Waals surface area (Å²) in [5.74, 6) is -2.55. The molecular weight excluding hydrogens is 301 g/mol. The first-order valence-corrected chi connectivity index (χ1v) is 5.96. The molecule has 1 amide bonds. The molecule has 0 radical (unpaired) electrons. The molecule has 3 aromatic rings. The van der Waals surface area contributed by atoms with E-state index in [4.69, 9.17) is 0 Å². The fourth-order valence-corrected chi connectivity index (χ4v) is 1.68. The first-order chi connectivity index (χ1) is 10.4. The third kappa shape index (κ3) is 2.71. The second-order valence-corrected chi connectivity index (χ2v) is 4.20. The molecule has 2 N–H and O–H groups in total. The lowest BCUT2D eigenvalue weighted by atomic mass is 10.3. The van der Waals surface area contributed by atoms with Crippen LogP contribution in [0.4, 0.5) is 19.1 Å². The van der Waals surface area contributed by atoms with E-state index in [1.807, 2.05) is 0 Å². The maximum atomic E-state index is 12.4. The number of nitrogens with zero attached hydrogens (tertiary/aromatic N) is 4. The average Bonchev–Trinajstić information content (AvgIpc) is 2.95. The zero-order chi connectivity index (χ0) is 15.7. The number of carbonyl (C=O) groups is 1. The van der Waals surface area contributed by atoms with E-state index in [-0.39, 0.29) is 5.69 Å². The smallest absolute Gasteiger partial charge is 0.288 e. The van der Waals surface area contributed by atoms with Crippen molar-refractivity contribution in [2.45, 2.75) is 6.18 Å². The monoisotopic (exact) mass is 308 g/mol. The number of nitrogens with one attached hydrogen (secondary N) is 2. The lowest BCUT2D eigenvalue weighted by Crippen LogP contribution is -2.15. The van der Waals surface area contributed by atoms with E-state index in [2.05, 4.69) is 25.4 Å². The molecule has 112 valence electrons. The minimum absolute atomic E-state index is 0.0583. The van der Waals surface area contributed by atoms with Crippen LogP contribution in [0.5, 0.6) is 0 Å². The average molecular weight is 308 g/mol. The highest BCUT2D eigenvalue weighted by molar-refractivity contribution is 6.02. The standard InChI is InChI=1S/C12H7F3N6O/c13-12(14,15)10-19-11(21-20-10)18-9(22)8-5-16-6-3-1-2-4-7(6)17-8/h1-5H,(H2,18,19,20,21,22). The lowest BCUT2D eigenvalue weighted by molar-refractivity contribution is -0.144. The van der Waals surface area contributed by atoms with Gasteiger partial charge in [-0.1, -0.05) is 12.1 Å². The molecule has 0 saturated carbocycles. The molecule has 0 bridgehead atoms. The summed E-state index contributed by atoms with van der Waals surface area (Å²) in [5.41, 5.74) is 1.02. The van der Waals surface area contributed by atoms with Crippen LogP contribution in [0, 0.1) is 0 Å². The van der Waals surface area contributed by atoms with Crippen LogP contribution in [0.25, 0.3) is 11.0 Å². The van der Waals surface area contributed by atoms with E-state index < -0.39 is 23.9 Å². The second kappa shape index (κ2) is 5.06. The largest absolute Gasteiger partial charge is 0.451 e. The van der Waals surface area contributed by atoms with Gasteiger partial charge in [-0.2, -0.15) is 18.2 Å². The van der Waals surface area contributed by atoms with Crippen molar-refractivity contribution in [2.75, 3.05) is 5.32 Å². The summed E-state index contributed by atoms with van der Waals surface area (Å²) in [4.78, 5) is 23.2. The molecule has 0 unspecified atom stereocenters. The van der Waals surface area contributed by atoms with Gasteiger partial charge in [0.2, 0.25) is 11.8 Å². The van der Waals surface area contributed by atoms with Crippen LogP contribution in [0.1, 0.15) is 16.3 Å². The number of alkyl halides is 3. The number of rotatable bonds is 2. The zero-order valence-electron chi connectivity index (χ0n) is 10.7. The Morgan fingerprint density at radius 1 is 1.14 bits per heavy atom. The third-order valence-electron chi connectivity index (χ3n) is 2.66. The first kappa shape index (κ1) is 13.9. The number of halogens is 3. The summed E-state index contributed by atoms with van der Waals surface area (Å²) in [5, 5.41) is 7.09. The Morgan fingerprint density at radius 2 is 1.86 bits per heavy atom. The van der Waals surface area contributed by atoms with Crippen molar-refractivity contribution >= 4 is 22.9 Å². The van der Waals surface area contributed by atoms with Gasteiger partial charge in [0, 0.05) is 0 Å². The van der Waals surface area contributed by atoms with E-state index in [0.717, 1.165) is 0 Å². The molecule has 0 aliphatic rings. The van der Waals surface area contributed by atoms with Crippen LogP contribution in [-0.4, -0.2) is 31.1 Å². The maximum Gasteiger partial charge on any atom is 0.451 e. The predicted molar refractivity (Wildman–Crippen MR) is 68.9 cm³/mol. The van der Waals surface area contributed by atoms with Crippen LogP contribution in [-0.2, 0) is 6.18 Å². The van der Waals surface area contributed by atoms with Crippen LogP contribution in [0.15, 0.2) is 30.5 Å². The van der Waals surface area contributed by atoms with E-state index in [1.165, 1.54) is 6.20 Å². The van der Waals surface area contributed by atoms with E-state index in [1.54, 1.807) is 29.4 Å². The minimum Gasteiger partial charge on any atom is -0.288 e. The topological polar surface area (TPSA) is 96.5 Å². The molecule has 0 fully saturated rings. The maximum absolute atomic E-state index is 12.4. The Balaban J connectivity index is 1.82. The molecule has 0 spiro atoms. The first-order valence-electron chi connectivity index (χ1n) is 5.96. The third-order valence-corrected chi connectivity index (χ3v) is 2.66. The Kier molecular flexibility index (Phi) is 3.20. The Morgan fingerprint density at radius 3 is 2.55 bits per heavy atom. The summed E-state index contributed by atoms with van der Waals surface area (Å²) in [6.07, 6.45) is -3.45. The molecule has 7 nitrogen and oxygen atoms in total. The van der Waals surface area contributed by atoms with Crippen molar-refractivity contribution in [1.82, 2.24) is 25.1 Å². The number of hydrogen-bond donors (Lipinski definition) is 2. The number of aromatic amines is 1. The van der Waals surface area contributed by atoms with Crippen LogP contribution < -0.4 is 5.32 Å². The van der Waals surface area contributed by atoms with Crippen molar-refractivity contribution in [3.63, 3.8) is 0 Å². The molecule has 10 heteroatoms. The molecule has 1 aromatic carbocycles. The molecule has 0 atom stereocenters. The molecule has 3 rings (SSSR count). The number of carbonyl (C=O) groups excluding carboxylic acids is 1. The summed E-state index contributed by atoms with van der Waals surface area (Å²) in [6, 6.07) is 6.87. The Labute approximate surface area is 120 Å². The fourth-order valence-electron chi connectivity index (χ4n) is 1.68. The Bertz CT molecular complexity index is 844. The zero-order valence-corrected chi connectivity index (χ0v) is 10.7. The van der Waals surface area contributed by atoms with Crippen molar-refractivity contribution in [3.8, 4) is 0 Å². The van der Waals surface area contributed by atoms with Gasteiger partial charge in [-0.15, -0.1) is 5.10 Å². The number of benzene rings is 1. The summed E-state index contributed by atoms with van der Waals surface area (Å²) >= 11 is 0. The molecule has 22 heavy (non-hydrogen) atoms. The van der Waals surface area contributed by atoms with E-state index in [0.29, 0.717) is 11.0 Å². The molecule has 2 heterocycles. The highest BCUT2D eigenvalue weighted by atomic mass is 19.4. The molecular formula is C12H7F3N6O. The summed E-state index contributed by atoms with van der Waals surface area (Å²) < 4.78 is 37.1. The van der Waals surface area contributed by atoms with Gasteiger partial charge in [-0.3, -0.25) is 20.2 Å². The number of aromatic nitrogens is 5. The SMILES string of the molecule is O=C(Nc1n[nH]c(C(F)(F)F)n1)c1cnc2ccccc2n1. The minimum atomic E-state index is -4.67. The van der Waals surface area contributed by atoms with E-state index >= 15 is 0 Å². The normalized spacial score (nSPS) is 11.6. The van der Waals surface area contributed by atoms with Gasteiger partial charge in [-0.05, 0) is 12.1 Å². The molecule has 0 saturated heterocycles. The van der Waals surface area contributed by atoms with Gasteiger partial charge in [0.05, 0.1) is 17.2 Å². The van der Waals surface area contributed by atoms with E-state index in [9.17, 15) is 18.0 Å². The van der Waals surface area contributed by atoms with Crippen molar-refractivity contribution in [2.24, 2.45) is 0 Å². The Hall–Kier alpha value is -3.04. The van der Waals surface area contributed by atoms with Gasteiger partial charge >= 0.3 is 6.18 Å². The molecule has 0 aliphatic heterocycles. The van der Waals surface area contributed by atoms with Gasteiger partial charge in [0.15, 0.2) is 0 Å². The van der Waals surface area contributed by atoms with Crippen molar-refractivity contribution in [3.05, 3.63) is 42.0 Å². The fraction of sp³-hybridized carbons (Fsp3) is 0.0833.